The van der Waals surface area contributed by atoms with Crippen molar-refractivity contribution in [2.75, 3.05) is 53.1 Å². The van der Waals surface area contributed by atoms with Gasteiger partial charge in [-0.3, -0.25) is 14.5 Å². The summed E-state index contributed by atoms with van der Waals surface area (Å²) in [5.41, 5.74) is 1.20. The summed E-state index contributed by atoms with van der Waals surface area (Å²) < 4.78 is 16.3. The lowest BCUT2D eigenvalue weighted by Crippen LogP contribution is -2.38. The van der Waals surface area contributed by atoms with Gasteiger partial charge in [0.25, 0.3) is 11.7 Å². The fourth-order valence-electron chi connectivity index (χ4n) is 4.58. The Kier molecular flexibility index (Phi) is 8.40. The van der Waals surface area contributed by atoms with Crippen LogP contribution in [0.4, 0.5) is 0 Å². The molecule has 0 aromatic heterocycles. The monoisotopic (exact) mass is 492 g/mol. The second-order valence-corrected chi connectivity index (χ2v) is 8.70. The quantitative estimate of drug-likeness (QED) is 0.235. The Labute approximate surface area is 211 Å². The minimum atomic E-state index is -0.732. The standard InChI is InChI=1S/C28H32N2O6/c1-3-16-36-23-7-4-6-21(19-23)25-24(26(31)20-8-10-22(34-2)11-9-20)27(32)28(33)30(25)13-5-12-29-14-17-35-18-15-29/h3-4,6-11,19,25,31H,1,5,12-18H2,2H3/b26-24-. The molecule has 36 heavy (non-hydrogen) atoms. The van der Waals surface area contributed by atoms with Gasteiger partial charge >= 0.3 is 0 Å². The highest BCUT2D eigenvalue weighted by Crippen LogP contribution is 2.40. The van der Waals surface area contributed by atoms with E-state index in [0.29, 0.717) is 55.4 Å². The van der Waals surface area contributed by atoms with E-state index in [0.717, 1.165) is 19.6 Å². The van der Waals surface area contributed by atoms with E-state index in [4.69, 9.17) is 14.2 Å². The van der Waals surface area contributed by atoms with Gasteiger partial charge in [-0.1, -0.05) is 24.8 Å². The number of morpholine rings is 1. The molecule has 8 nitrogen and oxygen atoms in total. The zero-order chi connectivity index (χ0) is 25.5. The van der Waals surface area contributed by atoms with E-state index < -0.39 is 17.7 Å². The second-order valence-electron chi connectivity index (χ2n) is 8.70. The Morgan fingerprint density at radius 3 is 2.56 bits per heavy atom. The molecule has 2 heterocycles. The molecule has 2 aliphatic rings. The second kappa shape index (κ2) is 11.9. The number of rotatable bonds is 10. The van der Waals surface area contributed by atoms with Crippen LogP contribution in [-0.2, 0) is 14.3 Å². The van der Waals surface area contributed by atoms with Crippen molar-refractivity contribution >= 4 is 17.4 Å². The molecule has 2 fully saturated rings. The van der Waals surface area contributed by atoms with Crippen molar-refractivity contribution < 1.29 is 28.9 Å². The number of nitrogens with zero attached hydrogens (tertiary/aromatic N) is 2. The van der Waals surface area contributed by atoms with Crippen molar-refractivity contribution in [3.8, 4) is 11.5 Å². The minimum absolute atomic E-state index is 0.0670. The van der Waals surface area contributed by atoms with Gasteiger partial charge in [0.15, 0.2) is 0 Å². The predicted molar refractivity (Wildman–Crippen MR) is 136 cm³/mol. The van der Waals surface area contributed by atoms with Crippen LogP contribution in [0.25, 0.3) is 5.76 Å². The number of ketones is 1. The summed E-state index contributed by atoms with van der Waals surface area (Å²) in [7, 11) is 1.55. The van der Waals surface area contributed by atoms with Crippen LogP contribution in [0.1, 0.15) is 23.6 Å². The van der Waals surface area contributed by atoms with Gasteiger partial charge in [0.05, 0.1) is 31.9 Å². The number of aliphatic hydroxyl groups is 1. The third-order valence-corrected chi connectivity index (χ3v) is 6.42. The molecule has 1 atom stereocenters. The Balaban J connectivity index is 1.68. The Hall–Kier alpha value is -3.62. The van der Waals surface area contributed by atoms with E-state index in [1.807, 2.05) is 12.1 Å². The molecule has 2 aromatic carbocycles. The predicted octanol–water partition coefficient (Wildman–Crippen LogP) is 3.40. The number of methoxy groups -OCH3 is 1. The molecule has 8 heteroatoms. The molecule has 1 unspecified atom stereocenters. The number of ether oxygens (including phenoxy) is 3. The summed E-state index contributed by atoms with van der Waals surface area (Å²) in [6, 6.07) is 13.3. The van der Waals surface area contributed by atoms with Crippen molar-refractivity contribution in [3.63, 3.8) is 0 Å². The van der Waals surface area contributed by atoms with Crippen molar-refractivity contribution in [2.24, 2.45) is 0 Å². The van der Waals surface area contributed by atoms with Gasteiger partial charge in [-0.15, -0.1) is 0 Å². The highest BCUT2D eigenvalue weighted by atomic mass is 16.5. The van der Waals surface area contributed by atoms with Gasteiger partial charge in [0, 0.05) is 31.7 Å². The van der Waals surface area contributed by atoms with Crippen LogP contribution in [-0.4, -0.2) is 79.7 Å². The zero-order valence-corrected chi connectivity index (χ0v) is 20.5. The highest BCUT2D eigenvalue weighted by molar-refractivity contribution is 6.46. The third kappa shape index (κ3) is 5.61. The van der Waals surface area contributed by atoms with Crippen molar-refractivity contribution in [1.29, 1.82) is 0 Å². The summed E-state index contributed by atoms with van der Waals surface area (Å²) in [6.07, 6.45) is 2.34. The van der Waals surface area contributed by atoms with Gasteiger partial charge in [0.2, 0.25) is 0 Å². The van der Waals surface area contributed by atoms with E-state index in [1.165, 1.54) is 0 Å². The van der Waals surface area contributed by atoms with E-state index in [1.54, 1.807) is 54.5 Å². The highest BCUT2D eigenvalue weighted by Gasteiger charge is 2.46. The van der Waals surface area contributed by atoms with Gasteiger partial charge in [-0.2, -0.15) is 0 Å². The fourth-order valence-corrected chi connectivity index (χ4v) is 4.58. The van der Waals surface area contributed by atoms with Crippen LogP contribution in [0, 0.1) is 0 Å². The fraction of sp³-hybridized carbons (Fsp3) is 0.357. The van der Waals surface area contributed by atoms with Crippen LogP contribution in [0.3, 0.4) is 0 Å². The van der Waals surface area contributed by atoms with Crippen LogP contribution < -0.4 is 9.47 Å². The number of aliphatic hydroxyl groups excluding tert-OH is 1. The van der Waals surface area contributed by atoms with E-state index in [2.05, 4.69) is 11.5 Å². The first-order chi connectivity index (χ1) is 17.5. The number of amides is 1. The molecule has 0 radical (unpaired) electrons. The largest absolute Gasteiger partial charge is 0.507 e. The van der Waals surface area contributed by atoms with E-state index in [9.17, 15) is 14.7 Å². The summed E-state index contributed by atoms with van der Waals surface area (Å²) in [4.78, 5) is 30.3. The lowest BCUT2D eigenvalue weighted by Gasteiger charge is -2.29. The molecule has 4 rings (SSSR count). The maximum absolute atomic E-state index is 13.3. The average Bonchev–Trinajstić information content (AvgIpc) is 3.17. The number of hydrogen-bond acceptors (Lipinski definition) is 7. The molecule has 2 aromatic rings. The maximum Gasteiger partial charge on any atom is 0.295 e. The molecule has 1 N–H and O–H groups in total. The number of carbonyl (C=O) groups excluding carboxylic acids is 2. The van der Waals surface area contributed by atoms with Crippen LogP contribution in [0.15, 0.2) is 66.8 Å². The normalized spacial score (nSPS) is 19.9. The lowest BCUT2D eigenvalue weighted by molar-refractivity contribution is -0.140. The Morgan fingerprint density at radius 1 is 1.11 bits per heavy atom. The lowest BCUT2D eigenvalue weighted by atomic mass is 9.95. The summed E-state index contributed by atoms with van der Waals surface area (Å²) in [5, 5.41) is 11.2. The number of carbonyl (C=O) groups is 2. The third-order valence-electron chi connectivity index (χ3n) is 6.42. The van der Waals surface area contributed by atoms with Crippen LogP contribution >= 0.6 is 0 Å². The van der Waals surface area contributed by atoms with Gasteiger partial charge in [-0.25, -0.2) is 0 Å². The molecule has 2 aliphatic heterocycles. The average molecular weight is 493 g/mol. The summed E-state index contributed by atoms with van der Waals surface area (Å²) >= 11 is 0. The van der Waals surface area contributed by atoms with Gasteiger partial charge < -0.3 is 24.2 Å². The first kappa shape index (κ1) is 25.5. The maximum atomic E-state index is 13.3. The number of hydrogen-bond donors (Lipinski definition) is 1. The number of Topliss-reactive ketones (excluding diaryl/α,β-unsaturated/α-hetero) is 1. The molecular formula is C28H32N2O6. The number of likely N-dealkylation sites (tertiary alicyclic amines) is 1. The molecule has 190 valence electrons. The summed E-state index contributed by atoms with van der Waals surface area (Å²) in [5.74, 6) is -0.310. The van der Waals surface area contributed by atoms with E-state index >= 15 is 0 Å². The zero-order valence-electron chi connectivity index (χ0n) is 20.5. The van der Waals surface area contributed by atoms with Crippen LogP contribution in [0.2, 0.25) is 0 Å². The van der Waals surface area contributed by atoms with Crippen molar-refractivity contribution in [2.45, 2.75) is 12.5 Å². The Morgan fingerprint density at radius 2 is 1.86 bits per heavy atom. The first-order valence-electron chi connectivity index (χ1n) is 12.1. The van der Waals surface area contributed by atoms with Gasteiger partial charge in [0.1, 0.15) is 23.9 Å². The summed E-state index contributed by atoms with van der Waals surface area (Å²) in [6.45, 7) is 8.27. The first-order valence-corrected chi connectivity index (χ1v) is 12.1. The molecule has 0 saturated carbocycles. The molecule has 0 aliphatic carbocycles. The molecule has 0 spiro atoms. The van der Waals surface area contributed by atoms with Crippen molar-refractivity contribution in [3.05, 3.63) is 77.9 Å². The molecular weight excluding hydrogens is 460 g/mol. The molecule has 0 bridgehead atoms. The minimum Gasteiger partial charge on any atom is -0.507 e. The smallest absolute Gasteiger partial charge is 0.295 e. The SMILES string of the molecule is C=CCOc1cccc(C2/C(=C(/O)c3ccc(OC)cc3)C(=O)C(=O)N2CCCN2CCOCC2)c1. The topological polar surface area (TPSA) is 88.5 Å². The molecule has 1 amide bonds. The van der Waals surface area contributed by atoms with Gasteiger partial charge in [-0.05, 0) is 48.4 Å². The van der Waals surface area contributed by atoms with Crippen molar-refractivity contribution in [1.82, 2.24) is 9.80 Å². The Bertz CT molecular complexity index is 1120. The number of benzene rings is 2. The van der Waals surface area contributed by atoms with E-state index in [-0.39, 0.29) is 11.3 Å². The molecule has 2 saturated heterocycles. The van der Waals surface area contributed by atoms with Crippen LogP contribution in [0.5, 0.6) is 11.5 Å².